The third-order valence-corrected chi connectivity index (χ3v) is 3.35. The lowest BCUT2D eigenvalue weighted by Crippen LogP contribution is -2.05. The van der Waals surface area contributed by atoms with Gasteiger partial charge in [-0.05, 0) is 24.3 Å². The number of pyridine rings is 2. The number of aromatic amines is 1. The fourth-order valence-electron chi connectivity index (χ4n) is 1.96. The van der Waals surface area contributed by atoms with Crippen molar-refractivity contribution >= 4 is 27.0 Å². The predicted octanol–water partition coefficient (Wildman–Crippen LogP) is 3.06. The van der Waals surface area contributed by atoms with Gasteiger partial charge in [-0.2, -0.15) is 0 Å². The maximum atomic E-state index is 12.1. The number of aromatic hydroxyl groups is 1. The summed E-state index contributed by atoms with van der Waals surface area (Å²) in [6.07, 6.45) is 1.60. The summed E-state index contributed by atoms with van der Waals surface area (Å²) in [4.78, 5) is 19.2. The van der Waals surface area contributed by atoms with Crippen molar-refractivity contribution < 1.29 is 5.11 Å². The molecule has 0 aliphatic rings. The number of nitrogens with one attached hydrogen (secondary N) is 1. The van der Waals surface area contributed by atoms with Crippen molar-refractivity contribution in [2.45, 2.75) is 0 Å². The molecule has 2 heterocycles. The van der Waals surface area contributed by atoms with E-state index in [9.17, 15) is 9.90 Å². The van der Waals surface area contributed by atoms with Gasteiger partial charge in [0, 0.05) is 16.2 Å². The van der Waals surface area contributed by atoms with Gasteiger partial charge in [-0.25, -0.2) is 4.98 Å². The minimum atomic E-state index is -0.420. The van der Waals surface area contributed by atoms with Gasteiger partial charge in [0.2, 0.25) is 5.43 Å². The SMILES string of the molecule is O=c1c(O)c(-c2cccc(Br)c2)[nH]c2ncccc12. The number of hydrogen-bond donors (Lipinski definition) is 2. The lowest BCUT2D eigenvalue weighted by molar-refractivity contribution is 0.471. The van der Waals surface area contributed by atoms with Crippen molar-refractivity contribution in [2.75, 3.05) is 0 Å². The molecule has 2 aromatic heterocycles. The average molecular weight is 317 g/mol. The third kappa shape index (κ3) is 2.02. The van der Waals surface area contributed by atoms with E-state index in [1.807, 2.05) is 24.3 Å². The molecule has 0 bridgehead atoms. The number of nitrogens with zero attached hydrogens (tertiary/aromatic N) is 1. The second-order valence-electron chi connectivity index (χ2n) is 4.09. The van der Waals surface area contributed by atoms with Crippen molar-refractivity contribution in [2.24, 2.45) is 0 Å². The summed E-state index contributed by atoms with van der Waals surface area (Å²) in [6, 6.07) is 10.6. The summed E-state index contributed by atoms with van der Waals surface area (Å²) < 4.78 is 0.867. The Bertz CT molecular complexity index is 827. The highest BCUT2D eigenvalue weighted by atomic mass is 79.9. The van der Waals surface area contributed by atoms with Gasteiger partial charge in [-0.1, -0.05) is 28.1 Å². The van der Waals surface area contributed by atoms with Crippen LogP contribution in [0.5, 0.6) is 5.75 Å². The molecule has 19 heavy (non-hydrogen) atoms. The number of benzene rings is 1. The van der Waals surface area contributed by atoms with Crippen molar-refractivity contribution in [3.8, 4) is 17.0 Å². The lowest BCUT2D eigenvalue weighted by Gasteiger charge is -2.07. The topological polar surface area (TPSA) is 66.0 Å². The van der Waals surface area contributed by atoms with Gasteiger partial charge in [-0.15, -0.1) is 0 Å². The first-order chi connectivity index (χ1) is 9.16. The number of aromatic nitrogens is 2. The average Bonchev–Trinajstić information content (AvgIpc) is 2.43. The zero-order valence-corrected chi connectivity index (χ0v) is 11.3. The van der Waals surface area contributed by atoms with Crippen LogP contribution in [0.3, 0.4) is 0 Å². The van der Waals surface area contributed by atoms with Crippen LogP contribution in [0.2, 0.25) is 0 Å². The largest absolute Gasteiger partial charge is 0.503 e. The quantitative estimate of drug-likeness (QED) is 0.725. The lowest BCUT2D eigenvalue weighted by atomic mass is 10.1. The number of H-pyrrole nitrogens is 1. The maximum Gasteiger partial charge on any atom is 0.233 e. The third-order valence-electron chi connectivity index (χ3n) is 2.86. The van der Waals surface area contributed by atoms with Crippen molar-refractivity contribution in [1.82, 2.24) is 9.97 Å². The second-order valence-corrected chi connectivity index (χ2v) is 5.00. The number of rotatable bonds is 1. The molecule has 0 aliphatic carbocycles. The Morgan fingerprint density at radius 2 is 2.05 bits per heavy atom. The van der Waals surface area contributed by atoms with E-state index in [-0.39, 0.29) is 5.75 Å². The molecule has 2 N–H and O–H groups in total. The molecule has 0 fully saturated rings. The van der Waals surface area contributed by atoms with Crippen LogP contribution in [0.15, 0.2) is 51.9 Å². The molecule has 0 unspecified atom stereocenters. The Hall–Kier alpha value is -2.14. The van der Waals surface area contributed by atoms with Crippen LogP contribution in [0.1, 0.15) is 0 Å². The van der Waals surface area contributed by atoms with E-state index in [1.165, 1.54) is 0 Å². The fraction of sp³-hybridized carbons (Fsp3) is 0. The number of halogens is 1. The molecule has 0 saturated heterocycles. The van der Waals surface area contributed by atoms with Gasteiger partial charge in [0.15, 0.2) is 5.75 Å². The van der Waals surface area contributed by atoms with Crippen LogP contribution in [-0.4, -0.2) is 15.1 Å². The summed E-state index contributed by atoms with van der Waals surface area (Å²) in [7, 11) is 0. The summed E-state index contributed by atoms with van der Waals surface area (Å²) >= 11 is 3.36. The zero-order chi connectivity index (χ0) is 13.4. The summed E-state index contributed by atoms with van der Waals surface area (Å²) in [5.41, 5.74) is 1.13. The molecule has 3 aromatic rings. The second kappa shape index (κ2) is 4.51. The summed E-state index contributed by atoms with van der Waals surface area (Å²) in [5.74, 6) is -0.293. The van der Waals surface area contributed by atoms with E-state index in [0.29, 0.717) is 16.7 Å². The number of fused-ring (bicyclic) bond motifs is 1. The normalized spacial score (nSPS) is 10.8. The highest BCUT2D eigenvalue weighted by Gasteiger charge is 2.12. The van der Waals surface area contributed by atoms with Gasteiger partial charge >= 0.3 is 0 Å². The molecule has 0 aliphatic heterocycles. The molecule has 0 saturated carbocycles. The van der Waals surface area contributed by atoms with Crippen molar-refractivity contribution in [3.63, 3.8) is 0 Å². The van der Waals surface area contributed by atoms with Gasteiger partial charge in [0.05, 0.1) is 11.1 Å². The first-order valence-electron chi connectivity index (χ1n) is 5.63. The van der Waals surface area contributed by atoms with Crippen LogP contribution in [-0.2, 0) is 0 Å². The van der Waals surface area contributed by atoms with E-state index in [2.05, 4.69) is 25.9 Å². The molecule has 1 aromatic carbocycles. The van der Waals surface area contributed by atoms with Gasteiger partial charge in [0.1, 0.15) is 5.65 Å². The van der Waals surface area contributed by atoms with Crippen LogP contribution in [0.25, 0.3) is 22.3 Å². The zero-order valence-electron chi connectivity index (χ0n) is 9.72. The molecule has 0 radical (unpaired) electrons. The van der Waals surface area contributed by atoms with E-state index in [0.717, 1.165) is 10.0 Å². The van der Waals surface area contributed by atoms with Crippen LogP contribution >= 0.6 is 15.9 Å². The smallest absolute Gasteiger partial charge is 0.233 e. The molecule has 5 heteroatoms. The minimum absolute atomic E-state index is 0.293. The van der Waals surface area contributed by atoms with E-state index in [4.69, 9.17) is 0 Å². The predicted molar refractivity (Wildman–Crippen MR) is 77.2 cm³/mol. The van der Waals surface area contributed by atoms with Crippen LogP contribution < -0.4 is 5.43 Å². The highest BCUT2D eigenvalue weighted by Crippen LogP contribution is 2.27. The van der Waals surface area contributed by atoms with Gasteiger partial charge < -0.3 is 10.1 Å². The maximum absolute atomic E-state index is 12.1. The van der Waals surface area contributed by atoms with Gasteiger partial charge in [-0.3, -0.25) is 4.79 Å². The first kappa shape index (κ1) is 11.9. The van der Waals surface area contributed by atoms with Crippen molar-refractivity contribution in [1.29, 1.82) is 0 Å². The molecular weight excluding hydrogens is 308 g/mol. The standard InChI is InChI=1S/C14H9BrN2O2/c15-9-4-1-3-8(7-9)11-13(19)12(18)10-5-2-6-16-14(10)17-11/h1-7,19H,(H,16,17,18). The Morgan fingerprint density at radius 1 is 1.21 bits per heavy atom. The van der Waals surface area contributed by atoms with Gasteiger partial charge in [0.25, 0.3) is 0 Å². The van der Waals surface area contributed by atoms with Crippen LogP contribution in [0, 0.1) is 0 Å². The molecule has 94 valence electrons. The van der Waals surface area contributed by atoms with E-state index >= 15 is 0 Å². The summed E-state index contributed by atoms with van der Waals surface area (Å²) in [5, 5.41) is 10.4. The summed E-state index contributed by atoms with van der Waals surface area (Å²) in [6.45, 7) is 0. The molecule has 0 atom stereocenters. The monoisotopic (exact) mass is 316 g/mol. The first-order valence-corrected chi connectivity index (χ1v) is 6.42. The Kier molecular flexibility index (Phi) is 2.83. The number of hydrogen-bond acceptors (Lipinski definition) is 3. The highest BCUT2D eigenvalue weighted by molar-refractivity contribution is 9.10. The Morgan fingerprint density at radius 3 is 2.84 bits per heavy atom. The van der Waals surface area contributed by atoms with Crippen LogP contribution in [0.4, 0.5) is 0 Å². The molecule has 0 amide bonds. The Balaban J connectivity index is 2.36. The molecule has 3 rings (SSSR count). The Labute approximate surface area is 116 Å². The minimum Gasteiger partial charge on any atom is -0.503 e. The molecular formula is C14H9BrN2O2. The van der Waals surface area contributed by atoms with E-state index < -0.39 is 5.43 Å². The molecule has 0 spiro atoms. The van der Waals surface area contributed by atoms with E-state index in [1.54, 1.807) is 18.3 Å². The fourth-order valence-corrected chi connectivity index (χ4v) is 2.36. The van der Waals surface area contributed by atoms with Crippen molar-refractivity contribution in [3.05, 3.63) is 57.3 Å². The molecule has 4 nitrogen and oxygen atoms in total.